The van der Waals surface area contributed by atoms with Crippen LogP contribution in [0, 0.1) is 12.3 Å². The smallest absolute Gasteiger partial charge is 0.310 e. The van der Waals surface area contributed by atoms with Crippen LogP contribution < -0.4 is 11.3 Å². The fourth-order valence-corrected chi connectivity index (χ4v) is 1.53. The van der Waals surface area contributed by atoms with E-state index in [2.05, 4.69) is 0 Å². The molecule has 1 aromatic heterocycles. The molecule has 5 nitrogen and oxygen atoms in total. The highest BCUT2D eigenvalue weighted by Gasteiger charge is 2.28. The lowest BCUT2D eigenvalue weighted by Crippen LogP contribution is -2.36. The SMILES string of the molecule is Cc1ccc(CN)c(=O)n1CC(C)(C)C(=O)O. The van der Waals surface area contributed by atoms with E-state index in [9.17, 15) is 9.59 Å². The third-order valence-corrected chi connectivity index (χ3v) is 2.82. The lowest BCUT2D eigenvalue weighted by atomic mass is 9.93. The van der Waals surface area contributed by atoms with E-state index < -0.39 is 11.4 Å². The molecule has 0 bridgehead atoms. The van der Waals surface area contributed by atoms with E-state index in [1.165, 1.54) is 4.57 Å². The zero-order chi connectivity index (χ0) is 13.2. The van der Waals surface area contributed by atoms with Gasteiger partial charge in [0.05, 0.1) is 5.41 Å². The third-order valence-electron chi connectivity index (χ3n) is 2.82. The molecule has 0 aliphatic carbocycles. The fraction of sp³-hybridized carbons (Fsp3) is 0.500. The Kier molecular flexibility index (Phi) is 3.72. The molecular formula is C12H18N2O3. The summed E-state index contributed by atoms with van der Waals surface area (Å²) in [6, 6.07) is 3.46. The number of nitrogens with two attached hydrogens (primary N) is 1. The molecule has 0 aromatic carbocycles. The molecule has 0 atom stereocenters. The van der Waals surface area contributed by atoms with Gasteiger partial charge in [0.25, 0.3) is 5.56 Å². The molecule has 0 aliphatic rings. The summed E-state index contributed by atoms with van der Waals surface area (Å²) in [5.74, 6) is -0.929. The molecule has 1 aromatic rings. The topological polar surface area (TPSA) is 85.3 Å². The molecule has 0 amide bonds. The van der Waals surface area contributed by atoms with Gasteiger partial charge in [-0.15, -0.1) is 0 Å². The average molecular weight is 238 g/mol. The maximum atomic E-state index is 12.0. The molecule has 0 spiro atoms. The quantitative estimate of drug-likeness (QED) is 0.809. The molecule has 0 radical (unpaired) electrons. The normalized spacial score (nSPS) is 11.5. The number of carbonyl (C=O) groups is 1. The number of carboxylic acids is 1. The largest absolute Gasteiger partial charge is 0.481 e. The van der Waals surface area contributed by atoms with Crippen molar-refractivity contribution < 1.29 is 9.90 Å². The highest BCUT2D eigenvalue weighted by molar-refractivity contribution is 5.73. The summed E-state index contributed by atoms with van der Waals surface area (Å²) < 4.78 is 1.47. The molecule has 5 heteroatoms. The van der Waals surface area contributed by atoms with E-state index >= 15 is 0 Å². The molecular weight excluding hydrogens is 220 g/mol. The second-order valence-electron chi connectivity index (χ2n) is 4.78. The van der Waals surface area contributed by atoms with Gasteiger partial charge in [-0.1, -0.05) is 6.07 Å². The average Bonchev–Trinajstić information content (AvgIpc) is 2.24. The summed E-state index contributed by atoms with van der Waals surface area (Å²) >= 11 is 0. The van der Waals surface area contributed by atoms with Crippen LogP contribution in [0.1, 0.15) is 25.1 Å². The number of hydrogen-bond donors (Lipinski definition) is 2. The Morgan fingerprint density at radius 2 is 2.06 bits per heavy atom. The first-order chi connectivity index (χ1) is 7.79. The number of aliphatic carboxylic acids is 1. The highest BCUT2D eigenvalue weighted by Crippen LogP contribution is 2.18. The lowest BCUT2D eigenvalue weighted by Gasteiger charge is -2.22. The van der Waals surface area contributed by atoms with Crippen molar-refractivity contribution in [3.8, 4) is 0 Å². The Labute approximate surface area is 99.9 Å². The number of pyridine rings is 1. The first kappa shape index (κ1) is 13.4. The van der Waals surface area contributed by atoms with E-state index in [4.69, 9.17) is 10.8 Å². The van der Waals surface area contributed by atoms with Gasteiger partial charge >= 0.3 is 5.97 Å². The van der Waals surface area contributed by atoms with Crippen LogP contribution in [0.5, 0.6) is 0 Å². The summed E-state index contributed by atoms with van der Waals surface area (Å²) in [4.78, 5) is 23.1. The molecule has 1 rings (SSSR count). The zero-order valence-electron chi connectivity index (χ0n) is 10.4. The number of nitrogens with zero attached hydrogens (tertiary/aromatic N) is 1. The second kappa shape index (κ2) is 4.71. The van der Waals surface area contributed by atoms with Crippen molar-refractivity contribution in [1.29, 1.82) is 0 Å². The van der Waals surface area contributed by atoms with Crippen LogP contribution >= 0.6 is 0 Å². The van der Waals surface area contributed by atoms with Crippen LogP contribution in [-0.4, -0.2) is 15.6 Å². The van der Waals surface area contributed by atoms with Crippen LogP contribution in [0.3, 0.4) is 0 Å². The van der Waals surface area contributed by atoms with Crippen LogP contribution in [0.2, 0.25) is 0 Å². The van der Waals surface area contributed by atoms with Crippen molar-refractivity contribution in [3.63, 3.8) is 0 Å². The van der Waals surface area contributed by atoms with E-state index in [1.54, 1.807) is 32.9 Å². The standard InChI is InChI=1S/C12H18N2O3/c1-8-4-5-9(6-13)10(15)14(8)7-12(2,3)11(16)17/h4-5H,6-7,13H2,1-3H3,(H,16,17). The van der Waals surface area contributed by atoms with Crippen LogP contribution in [-0.2, 0) is 17.9 Å². The first-order valence-electron chi connectivity index (χ1n) is 5.42. The first-order valence-corrected chi connectivity index (χ1v) is 5.42. The van der Waals surface area contributed by atoms with Gasteiger partial charge in [0.1, 0.15) is 0 Å². The Morgan fingerprint density at radius 3 is 2.53 bits per heavy atom. The third kappa shape index (κ3) is 2.74. The van der Waals surface area contributed by atoms with Crippen molar-refractivity contribution >= 4 is 5.97 Å². The predicted molar refractivity (Wildman–Crippen MR) is 64.7 cm³/mol. The van der Waals surface area contributed by atoms with E-state index in [1.807, 2.05) is 0 Å². The Morgan fingerprint density at radius 1 is 1.47 bits per heavy atom. The zero-order valence-corrected chi connectivity index (χ0v) is 10.4. The van der Waals surface area contributed by atoms with Gasteiger partial charge in [-0.2, -0.15) is 0 Å². The number of carboxylic acid groups (broad SMARTS) is 1. The summed E-state index contributed by atoms with van der Waals surface area (Å²) in [7, 11) is 0. The van der Waals surface area contributed by atoms with Crippen molar-refractivity contribution in [1.82, 2.24) is 4.57 Å². The van der Waals surface area contributed by atoms with Crippen molar-refractivity contribution in [3.05, 3.63) is 33.7 Å². The maximum Gasteiger partial charge on any atom is 0.310 e. The van der Waals surface area contributed by atoms with Crippen molar-refractivity contribution in [2.75, 3.05) is 0 Å². The molecule has 0 fully saturated rings. The fourth-order valence-electron chi connectivity index (χ4n) is 1.53. The monoisotopic (exact) mass is 238 g/mol. The molecule has 0 aliphatic heterocycles. The molecule has 0 saturated heterocycles. The summed E-state index contributed by atoms with van der Waals surface area (Å²) in [5.41, 5.74) is 5.51. The van der Waals surface area contributed by atoms with Gasteiger partial charge in [0.15, 0.2) is 0 Å². The van der Waals surface area contributed by atoms with E-state index in [0.717, 1.165) is 5.69 Å². The summed E-state index contributed by atoms with van der Waals surface area (Å²) in [6.45, 7) is 5.26. The molecule has 1 heterocycles. The van der Waals surface area contributed by atoms with Gasteiger partial charge in [0.2, 0.25) is 0 Å². The highest BCUT2D eigenvalue weighted by atomic mass is 16.4. The van der Waals surface area contributed by atoms with E-state index in [0.29, 0.717) is 5.56 Å². The predicted octanol–water partition coefficient (Wildman–Crippen LogP) is 0.726. The maximum absolute atomic E-state index is 12.0. The number of aromatic nitrogens is 1. The van der Waals surface area contributed by atoms with Crippen molar-refractivity contribution in [2.45, 2.75) is 33.9 Å². The molecule has 3 N–H and O–H groups in total. The summed E-state index contributed by atoms with van der Waals surface area (Å²) in [6.07, 6.45) is 0. The van der Waals surface area contributed by atoms with Crippen LogP contribution in [0.4, 0.5) is 0 Å². The van der Waals surface area contributed by atoms with Gasteiger partial charge in [-0.25, -0.2) is 0 Å². The number of rotatable bonds is 4. The molecule has 94 valence electrons. The number of aryl methyl sites for hydroxylation is 1. The Balaban J connectivity index is 3.24. The van der Waals surface area contributed by atoms with Crippen LogP contribution in [0.15, 0.2) is 16.9 Å². The van der Waals surface area contributed by atoms with Crippen molar-refractivity contribution in [2.24, 2.45) is 11.1 Å². The second-order valence-corrected chi connectivity index (χ2v) is 4.78. The van der Waals surface area contributed by atoms with E-state index in [-0.39, 0.29) is 18.6 Å². The molecule has 0 unspecified atom stereocenters. The Hall–Kier alpha value is -1.62. The molecule has 0 saturated carbocycles. The minimum Gasteiger partial charge on any atom is -0.481 e. The van der Waals surface area contributed by atoms with Gasteiger partial charge in [-0.3, -0.25) is 9.59 Å². The Bertz CT molecular complexity index is 489. The van der Waals surface area contributed by atoms with Gasteiger partial charge in [-0.05, 0) is 26.8 Å². The lowest BCUT2D eigenvalue weighted by molar-refractivity contribution is -0.147. The minimum atomic E-state index is -0.984. The van der Waals surface area contributed by atoms with Gasteiger partial charge < -0.3 is 15.4 Å². The minimum absolute atomic E-state index is 0.140. The number of hydrogen-bond acceptors (Lipinski definition) is 3. The van der Waals surface area contributed by atoms with Gasteiger partial charge in [0, 0.05) is 24.3 Å². The molecule has 17 heavy (non-hydrogen) atoms. The summed E-state index contributed by atoms with van der Waals surface area (Å²) in [5, 5.41) is 9.07. The van der Waals surface area contributed by atoms with Crippen LogP contribution in [0.25, 0.3) is 0 Å².